The second kappa shape index (κ2) is 17.8. The maximum absolute atomic E-state index is 2.53. The first kappa shape index (κ1) is 42.1. The van der Waals surface area contributed by atoms with Crippen LogP contribution in [0.1, 0.15) is 35.1 Å². The molecule has 0 N–H and O–H groups in total. The first-order valence-electron chi connectivity index (χ1n) is 24.8. The zero-order valence-electron chi connectivity index (χ0n) is 39.4. The molecule has 0 aliphatic heterocycles. The third-order valence-electron chi connectivity index (χ3n) is 14.8. The van der Waals surface area contributed by atoms with E-state index in [1.165, 1.54) is 82.5 Å². The molecule has 0 radical (unpaired) electrons. The predicted octanol–water partition coefficient (Wildman–Crippen LogP) is 16.5. The summed E-state index contributed by atoms with van der Waals surface area (Å²) < 4.78 is 0. The molecule has 2 aliphatic carbocycles. The van der Waals surface area contributed by atoms with Gasteiger partial charge in [-0.15, -0.1) is 0 Å². The van der Waals surface area contributed by atoms with Gasteiger partial charge in [0.15, 0.2) is 0 Å². The summed E-state index contributed by atoms with van der Waals surface area (Å²) in [5, 5.41) is 4.98. The van der Waals surface area contributed by atoms with Crippen molar-refractivity contribution in [3.8, 4) is 33.4 Å². The van der Waals surface area contributed by atoms with Gasteiger partial charge in [0.1, 0.15) is 0 Å². The molecule has 0 saturated heterocycles. The number of fused-ring (bicyclic) bond motifs is 5. The van der Waals surface area contributed by atoms with Crippen LogP contribution < -0.4 is 20.2 Å². The largest absolute Gasteiger partial charge is 0.314 e. The summed E-state index contributed by atoms with van der Waals surface area (Å²) in [5.41, 5.74) is 18.4. The minimum Gasteiger partial charge on any atom is -0.314 e. The van der Waals surface area contributed by atoms with E-state index >= 15 is 0 Å². The van der Waals surface area contributed by atoms with Gasteiger partial charge in [-0.3, -0.25) is 0 Å². The number of anilines is 5. The Morgan fingerprint density at radius 3 is 1.39 bits per heavy atom. The van der Waals surface area contributed by atoms with E-state index in [4.69, 9.17) is 0 Å². The Labute approximate surface area is 416 Å². The molecule has 336 valence electrons. The minimum atomic E-state index is -0.729. The third-order valence-corrected chi connectivity index (χ3v) is 14.8. The standard InChI is InChI=1S/C69H50N2/c1-5-19-49(20-6-1)51-35-39-55(40-36-51)69(56-41-37-52(38-42-56)50-21-7-2-8-22-50)65-47-59(70(57-27-9-3-10-28-57)67-33-17-25-53-23-13-15-31-61(53)67)43-45-63(65)64-46-44-60(48-66(64)69)71(58-29-11-4-12-30-58)68-34-18-26-54-24-14-16-32-62(54)68/h1-17,19-33,35-48H,18,34H2. The van der Waals surface area contributed by atoms with Crippen molar-refractivity contribution >= 4 is 51.0 Å². The van der Waals surface area contributed by atoms with Gasteiger partial charge in [-0.05, 0) is 134 Å². The second-order valence-electron chi connectivity index (χ2n) is 18.7. The van der Waals surface area contributed by atoms with E-state index in [1.54, 1.807) is 0 Å². The van der Waals surface area contributed by atoms with Gasteiger partial charge in [0.05, 0.1) is 11.1 Å². The van der Waals surface area contributed by atoms with Crippen molar-refractivity contribution in [2.24, 2.45) is 0 Å². The molecule has 2 heteroatoms. The molecule has 0 spiro atoms. The summed E-state index contributed by atoms with van der Waals surface area (Å²) in [7, 11) is 0. The van der Waals surface area contributed by atoms with Gasteiger partial charge in [-0.2, -0.15) is 0 Å². The van der Waals surface area contributed by atoms with Gasteiger partial charge >= 0.3 is 0 Å². The molecule has 0 unspecified atom stereocenters. The van der Waals surface area contributed by atoms with Crippen molar-refractivity contribution in [1.29, 1.82) is 0 Å². The average Bonchev–Trinajstić information content (AvgIpc) is 3.74. The number of benzene rings is 11. The van der Waals surface area contributed by atoms with Crippen molar-refractivity contribution in [2.45, 2.75) is 18.3 Å². The highest BCUT2D eigenvalue weighted by molar-refractivity contribution is 6.00. The number of rotatable bonds is 10. The third kappa shape index (κ3) is 7.27. The molecule has 0 aromatic heterocycles. The van der Waals surface area contributed by atoms with Gasteiger partial charge in [0, 0.05) is 39.1 Å². The van der Waals surface area contributed by atoms with Gasteiger partial charge in [-0.25, -0.2) is 0 Å². The van der Waals surface area contributed by atoms with Crippen molar-refractivity contribution in [3.05, 3.63) is 306 Å². The van der Waals surface area contributed by atoms with E-state index in [0.717, 1.165) is 41.3 Å². The first-order chi connectivity index (χ1) is 35.2. The van der Waals surface area contributed by atoms with Gasteiger partial charge in [0.2, 0.25) is 0 Å². The van der Waals surface area contributed by atoms with E-state index in [2.05, 4.69) is 289 Å². The van der Waals surface area contributed by atoms with Crippen LogP contribution in [0.5, 0.6) is 0 Å². The molecule has 13 rings (SSSR count). The Bertz CT molecular complexity index is 3760. The summed E-state index contributed by atoms with van der Waals surface area (Å²) in [4.78, 5) is 4.98. The number of nitrogens with zero attached hydrogens (tertiary/aromatic N) is 2. The molecule has 2 aliphatic rings. The fourth-order valence-corrected chi connectivity index (χ4v) is 11.6. The topological polar surface area (TPSA) is 6.48 Å². The van der Waals surface area contributed by atoms with E-state index in [1.807, 2.05) is 0 Å². The van der Waals surface area contributed by atoms with Crippen LogP contribution in [0.15, 0.2) is 273 Å². The van der Waals surface area contributed by atoms with Crippen LogP contribution in [-0.4, -0.2) is 0 Å². The lowest BCUT2D eigenvalue weighted by Gasteiger charge is -2.36. The first-order valence-corrected chi connectivity index (χ1v) is 24.8. The smallest absolute Gasteiger partial charge is 0.0715 e. The zero-order valence-corrected chi connectivity index (χ0v) is 39.4. The van der Waals surface area contributed by atoms with Gasteiger partial charge in [-0.1, -0.05) is 224 Å². The Balaban J connectivity index is 1.11. The SMILES string of the molecule is C1=c2ccccc2=C(N(c2ccccc2)c2ccc3c(c2)C(c2ccc(-c4ccccc4)cc2)(c2ccc(-c4ccccc4)cc2)c2cc(N(c4ccccc4)c4cccc5ccccc45)ccc2-3)CC1. The molecular weight excluding hydrogens is 857 g/mol. The van der Waals surface area contributed by atoms with E-state index in [9.17, 15) is 0 Å². The molecule has 0 bridgehead atoms. The molecular formula is C69H50N2. The maximum Gasteiger partial charge on any atom is 0.0715 e. The molecule has 11 aromatic rings. The Kier molecular flexibility index (Phi) is 10.6. The van der Waals surface area contributed by atoms with Gasteiger partial charge < -0.3 is 9.80 Å². The van der Waals surface area contributed by atoms with Crippen molar-refractivity contribution in [1.82, 2.24) is 0 Å². The second-order valence-corrected chi connectivity index (χ2v) is 18.7. The van der Waals surface area contributed by atoms with Crippen LogP contribution in [0.3, 0.4) is 0 Å². The van der Waals surface area contributed by atoms with Crippen LogP contribution in [-0.2, 0) is 5.41 Å². The Morgan fingerprint density at radius 2 is 0.803 bits per heavy atom. The quantitative estimate of drug-likeness (QED) is 0.135. The van der Waals surface area contributed by atoms with Crippen molar-refractivity contribution < 1.29 is 0 Å². The summed E-state index contributed by atoms with van der Waals surface area (Å²) in [6.45, 7) is 0. The summed E-state index contributed by atoms with van der Waals surface area (Å²) in [5.74, 6) is 0. The molecule has 0 fully saturated rings. The lowest BCUT2D eigenvalue weighted by atomic mass is 9.67. The van der Waals surface area contributed by atoms with Crippen LogP contribution in [0.4, 0.5) is 28.4 Å². The summed E-state index contributed by atoms with van der Waals surface area (Å²) >= 11 is 0. The summed E-state index contributed by atoms with van der Waals surface area (Å²) in [6.07, 6.45) is 4.30. The zero-order chi connectivity index (χ0) is 47.1. The Morgan fingerprint density at radius 1 is 0.338 bits per heavy atom. The molecule has 2 nitrogen and oxygen atoms in total. The maximum atomic E-state index is 2.53. The highest BCUT2D eigenvalue weighted by Gasteiger charge is 2.47. The lowest BCUT2D eigenvalue weighted by Crippen LogP contribution is -2.35. The molecule has 0 heterocycles. The molecule has 11 aromatic carbocycles. The highest BCUT2D eigenvalue weighted by Crippen LogP contribution is 2.59. The molecule has 0 amide bonds. The number of hydrogen-bond acceptors (Lipinski definition) is 2. The van der Waals surface area contributed by atoms with Crippen LogP contribution in [0, 0.1) is 0 Å². The van der Waals surface area contributed by atoms with Crippen LogP contribution >= 0.6 is 0 Å². The molecule has 71 heavy (non-hydrogen) atoms. The van der Waals surface area contributed by atoms with Crippen LogP contribution in [0.25, 0.3) is 55.9 Å². The normalized spacial score (nSPS) is 13.2. The lowest BCUT2D eigenvalue weighted by molar-refractivity contribution is 0.768. The average molecular weight is 907 g/mol. The van der Waals surface area contributed by atoms with Crippen LogP contribution in [0.2, 0.25) is 0 Å². The van der Waals surface area contributed by atoms with Crippen molar-refractivity contribution in [3.63, 3.8) is 0 Å². The van der Waals surface area contributed by atoms with E-state index < -0.39 is 5.41 Å². The molecule has 0 atom stereocenters. The number of para-hydroxylation sites is 2. The Hall–Kier alpha value is -8.98. The van der Waals surface area contributed by atoms with E-state index in [0.29, 0.717) is 0 Å². The minimum absolute atomic E-state index is 0.729. The highest BCUT2D eigenvalue weighted by atomic mass is 15.2. The van der Waals surface area contributed by atoms with E-state index in [-0.39, 0.29) is 0 Å². The fraction of sp³-hybridized carbons (Fsp3) is 0.0435. The molecule has 0 saturated carbocycles. The fourth-order valence-electron chi connectivity index (χ4n) is 11.6. The monoisotopic (exact) mass is 906 g/mol. The number of hydrogen-bond donors (Lipinski definition) is 0. The predicted molar refractivity (Wildman–Crippen MR) is 298 cm³/mol. The van der Waals surface area contributed by atoms with Gasteiger partial charge in [0.25, 0.3) is 0 Å². The van der Waals surface area contributed by atoms with Crippen molar-refractivity contribution in [2.75, 3.05) is 9.80 Å². The summed E-state index contributed by atoms with van der Waals surface area (Å²) in [6, 6.07) is 101.